The molecule has 1 heterocycles. The van der Waals surface area contributed by atoms with Crippen LogP contribution < -0.4 is 5.32 Å². The van der Waals surface area contributed by atoms with Crippen molar-refractivity contribution in [3.05, 3.63) is 0 Å². The van der Waals surface area contributed by atoms with Gasteiger partial charge in [0.25, 0.3) is 0 Å². The second-order valence-corrected chi connectivity index (χ2v) is 5.17. The topological polar surface area (TPSA) is 49.4 Å². The van der Waals surface area contributed by atoms with Crippen molar-refractivity contribution in [2.75, 3.05) is 6.54 Å². The van der Waals surface area contributed by atoms with Crippen molar-refractivity contribution in [2.45, 2.75) is 45.2 Å². The maximum Gasteiger partial charge on any atom is 0.243 e. The maximum atomic E-state index is 11.9. The fourth-order valence-corrected chi connectivity index (χ4v) is 2.28. The minimum absolute atomic E-state index is 0.00211. The first-order valence-corrected chi connectivity index (χ1v) is 5.55. The second kappa shape index (κ2) is 3.22. The van der Waals surface area contributed by atoms with Crippen LogP contribution in [0.25, 0.3) is 0 Å². The van der Waals surface area contributed by atoms with Gasteiger partial charge >= 0.3 is 0 Å². The van der Waals surface area contributed by atoms with E-state index in [1.165, 1.54) is 0 Å². The first kappa shape index (κ1) is 10.5. The molecule has 15 heavy (non-hydrogen) atoms. The van der Waals surface area contributed by atoms with Gasteiger partial charge in [0.1, 0.15) is 6.04 Å². The molecule has 1 aliphatic carbocycles. The molecule has 84 valence electrons. The molecule has 2 rings (SSSR count). The zero-order valence-electron chi connectivity index (χ0n) is 9.54. The van der Waals surface area contributed by atoms with Crippen molar-refractivity contribution >= 4 is 11.8 Å². The molecule has 2 aliphatic rings. The van der Waals surface area contributed by atoms with Gasteiger partial charge in [-0.05, 0) is 25.7 Å². The largest absolute Gasteiger partial charge is 0.345 e. The van der Waals surface area contributed by atoms with Crippen LogP contribution >= 0.6 is 0 Å². The standard InChI is InChI=1S/C11H18N2O2/c1-7(2)9-10(15)12-6-8(14)13(9)11(3)4-5-11/h7,9H,4-6H2,1-3H3,(H,12,15). The third-order valence-electron chi connectivity index (χ3n) is 3.42. The normalized spacial score (nSPS) is 29.3. The summed E-state index contributed by atoms with van der Waals surface area (Å²) in [5.74, 6) is 0.234. The zero-order chi connectivity index (χ0) is 11.2. The van der Waals surface area contributed by atoms with E-state index in [1.807, 2.05) is 18.7 Å². The fourth-order valence-electron chi connectivity index (χ4n) is 2.28. The molecule has 1 aliphatic heterocycles. The van der Waals surface area contributed by atoms with Crippen molar-refractivity contribution in [2.24, 2.45) is 5.92 Å². The smallest absolute Gasteiger partial charge is 0.243 e. The Morgan fingerprint density at radius 1 is 1.40 bits per heavy atom. The van der Waals surface area contributed by atoms with E-state index in [1.54, 1.807) is 0 Å². The van der Waals surface area contributed by atoms with Crippen LogP contribution in [0, 0.1) is 5.92 Å². The molecule has 0 aromatic heterocycles. The predicted octanol–water partition coefficient (Wildman–Crippen LogP) is 0.522. The van der Waals surface area contributed by atoms with E-state index in [9.17, 15) is 9.59 Å². The lowest BCUT2D eigenvalue weighted by Gasteiger charge is -2.41. The van der Waals surface area contributed by atoms with Crippen LogP contribution in [0.5, 0.6) is 0 Å². The third-order valence-corrected chi connectivity index (χ3v) is 3.42. The summed E-state index contributed by atoms with van der Waals surface area (Å²) in [6.45, 7) is 6.21. The van der Waals surface area contributed by atoms with E-state index in [-0.39, 0.29) is 35.9 Å². The molecular formula is C11H18N2O2. The number of nitrogens with zero attached hydrogens (tertiary/aromatic N) is 1. The van der Waals surface area contributed by atoms with Gasteiger partial charge in [0.15, 0.2) is 0 Å². The van der Waals surface area contributed by atoms with Gasteiger partial charge in [0, 0.05) is 5.54 Å². The van der Waals surface area contributed by atoms with E-state index in [2.05, 4.69) is 12.2 Å². The Morgan fingerprint density at radius 2 is 2.00 bits per heavy atom. The van der Waals surface area contributed by atoms with Crippen molar-refractivity contribution < 1.29 is 9.59 Å². The highest BCUT2D eigenvalue weighted by Crippen LogP contribution is 2.43. The second-order valence-electron chi connectivity index (χ2n) is 5.17. The minimum Gasteiger partial charge on any atom is -0.345 e. The fraction of sp³-hybridized carbons (Fsp3) is 0.818. The summed E-state index contributed by atoms with van der Waals surface area (Å²) >= 11 is 0. The van der Waals surface area contributed by atoms with E-state index >= 15 is 0 Å². The van der Waals surface area contributed by atoms with Gasteiger partial charge in [-0.1, -0.05) is 13.8 Å². The lowest BCUT2D eigenvalue weighted by atomic mass is 9.97. The van der Waals surface area contributed by atoms with E-state index in [0.29, 0.717) is 0 Å². The third kappa shape index (κ3) is 1.62. The number of amides is 2. The summed E-state index contributed by atoms with van der Waals surface area (Å²) in [4.78, 5) is 25.4. The Kier molecular flexibility index (Phi) is 2.24. The SMILES string of the molecule is CC(C)C1C(=O)NCC(=O)N1C1(C)CC1. The van der Waals surface area contributed by atoms with Crippen LogP contribution in [0.2, 0.25) is 0 Å². The van der Waals surface area contributed by atoms with Crippen LogP contribution in [0.3, 0.4) is 0 Å². The monoisotopic (exact) mass is 210 g/mol. The average molecular weight is 210 g/mol. The Bertz CT molecular complexity index is 308. The van der Waals surface area contributed by atoms with Crippen molar-refractivity contribution in [1.82, 2.24) is 10.2 Å². The van der Waals surface area contributed by atoms with Crippen LogP contribution in [-0.4, -0.2) is 34.8 Å². The molecule has 0 bridgehead atoms. The molecule has 0 aromatic carbocycles. The average Bonchev–Trinajstić information content (AvgIpc) is 2.88. The number of carbonyl (C=O) groups excluding carboxylic acids is 2. The lowest BCUT2D eigenvalue weighted by Crippen LogP contribution is -2.63. The van der Waals surface area contributed by atoms with Gasteiger partial charge in [-0.25, -0.2) is 0 Å². The summed E-state index contributed by atoms with van der Waals surface area (Å²) in [7, 11) is 0. The maximum absolute atomic E-state index is 11.9. The number of carbonyl (C=O) groups is 2. The summed E-state index contributed by atoms with van der Waals surface area (Å²) in [6.07, 6.45) is 2.05. The summed E-state index contributed by atoms with van der Waals surface area (Å²) in [5.41, 5.74) is -0.0518. The summed E-state index contributed by atoms with van der Waals surface area (Å²) < 4.78 is 0. The van der Waals surface area contributed by atoms with Gasteiger partial charge in [-0.15, -0.1) is 0 Å². The molecule has 2 amide bonds. The summed E-state index contributed by atoms with van der Waals surface area (Å²) in [6, 6.07) is -0.279. The van der Waals surface area contributed by atoms with Gasteiger partial charge in [0.05, 0.1) is 6.54 Å². The highest BCUT2D eigenvalue weighted by Gasteiger charge is 2.52. The van der Waals surface area contributed by atoms with Gasteiger partial charge in [-0.3, -0.25) is 9.59 Å². The Labute approximate surface area is 90.0 Å². The van der Waals surface area contributed by atoms with Crippen LogP contribution in [0.4, 0.5) is 0 Å². The molecule has 2 fully saturated rings. The van der Waals surface area contributed by atoms with Crippen LogP contribution in [0.15, 0.2) is 0 Å². The van der Waals surface area contributed by atoms with E-state index in [4.69, 9.17) is 0 Å². The Morgan fingerprint density at radius 3 is 2.47 bits per heavy atom. The molecule has 1 saturated heterocycles. The lowest BCUT2D eigenvalue weighted by molar-refractivity contribution is -0.150. The number of hydrogen-bond donors (Lipinski definition) is 1. The van der Waals surface area contributed by atoms with Gasteiger partial charge < -0.3 is 10.2 Å². The molecule has 4 nitrogen and oxygen atoms in total. The molecular weight excluding hydrogens is 192 g/mol. The molecule has 1 unspecified atom stereocenters. The molecule has 1 N–H and O–H groups in total. The van der Waals surface area contributed by atoms with E-state index in [0.717, 1.165) is 12.8 Å². The molecule has 1 saturated carbocycles. The Balaban J connectivity index is 2.28. The molecule has 1 atom stereocenters. The zero-order valence-corrected chi connectivity index (χ0v) is 9.54. The van der Waals surface area contributed by atoms with Gasteiger partial charge in [-0.2, -0.15) is 0 Å². The number of hydrogen-bond acceptors (Lipinski definition) is 2. The first-order valence-electron chi connectivity index (χ1n) is 5.55. The van der Waals surface area contributed by atoms with E-state index < -0.39 is 0 Å². The molecule has 0 spiro atoms. The quantitative estimate of drug-likeness (QED) is 0.722. The Hall–Kier alpha value is -1.06. The predicted molar refractivity (Wildman–Crippen MR) is 56.1 cm³/mol. The van der Waals surface area contributed by atoms with Crippen LogP contribution in [-0.2, 0) is 9.59 Å². The number of rotatable bonds is 2. The molecule has 0 aromatic rings. The highest BCUT2D eigenvalue weighted by atomic mass is 16.2. The highest BCUT2D eigenvalue weighted by molar-refractivity contribution is 5.95. The molecule has 4 heteroatoms. The van der Waals surface area contributed by atoms with Crippen molar-refractivity contribution in [3.8, 4) is 0 Å². The number of piperazine rings is 1. The van der Waals surface area contributed by atoms with Crippen molar-refractivity contribution in [1.29, 1.82) is 0 Å². The van der Waals surface area contributed by atoms with Crippen molar-refractivity contribution in [3.63, 3.8) is 0 Å². The summed E-state index contributed by atoms with van der Waals surface area (Å²) in [5, 5.41) is 2.66. The first-order chi connectivity index (χ1) is 6.96. The van der Waals surface area contributed by atoms with Crippen LogP contribution in [0.1, 0.15) is 33.6 Å². The van der Waals surface area contributed by atoms with Gasteiger partial charge in [0.2, 0.25) is 11.8 Å². The minimum atomic E-state index is -0.279. The number of nitrogens with one attached hydrogen (secondary N) is 1. The molecule has 0 radical (unpaired) electrons.